The van der Waals surface area contributed by atoms with Gasteiger partial charge in [0.25, 0.3) is 5.56 Å². The summed E-state index contributed by atoms with van der Waals surface area (Å²) in [4.78, 5) is 17.4. The van der Waals surface area contributed by atoms with Crippen LogP contribution in [0.5, 0.6) is 0 Å². The molecule has 1 N–H and O–H groups in total. The monoisotopic (exact) mass is 349 g/mol. The van der Waals surface area contributed by atoms with E-state index in [1.165, 1.54) is 0 Å². The molecule has 0 saturated carbocycles. The van der Waals surface area contributed by atoms with Crippen molar-refractivity contribution in [1.82, 2.24) is 14.9 Å². The fraction of sp³-hybridized carbons (Fsp3) is 0.500. The van der Waals surface area contributed by atoms with E-state index in [4.69, 9.17) is 4.98 Å². The standard InChI is InChI=1S/C16H20BrN3O/c1-2-20-15(9-11-5-7-18-8-6-11)19-14-4-3-12(17)10-13(14)16(20)21/h3-4,10-11,18H,2,5-9H2,1H3. The summed E-state index contributed by atoms with van der Waals surface area (Å²) in [7, 11) is 0. The lowest BCUT2D eigenvalue weighted by Gasteiger charge is -2.23. The maximum Gasteiger partial charge on any atom is 0.261 e. The van der Waals surface area contributed by atoms with Crippen LogP contribution in [0.25, 0.3) is 10.9 Å². The van der Waals surface area contributed by atoms with E-state index >= 15 is 0 Å². The normalized spacial score (nSPS) is 16.5. The Morgan fingerprint density at radius 2 is 2.14 bits per heavy atom. The fourth-order valence-electron chi connectivity index (χ4n) is 3.07. The number of piperidine rings is 1. The number of nitrogens with zero attached hydrogens (tertiary/aromatic N) is 2. The van der Waals surface area contributed by atoms with Crippen molar-refractivity contribution in [1.29, 1.82) is 0 Å². The second kappa shape index (κ2) is 6.28. The first-order valence-corrected chi connectivity index (χ1v) is 8.38. The van der Waals surface area contributed by atoms with E-state index in [-0.39, 0.29) is 5.56 Å². The molecule has 1 aliphatic heterocycles. The summed E-state index contributed by atoms with van der Waals surface area (Å²) in [6, 6.07) is 5.73. The number of rotatable bonds is 3. The molecule has 2 aromatic rings. The smallest absolute Gasteiger partial charge is 0.261 e. The third kappa shape index (κ3) is 3.04. The number of hydrogen-bond acceptors (Lipinski definition) is 3. The van der Waals surface area contributed by atoms with E-state index in [2.05, 4.69) is 21.2 Å². The lowest BCUT2D eigenvalue weighted by atomic mass is 9.94. The molecule has 1 saturated heterocycles. The molecule has 0 spiro atoms. The maximum absolute atomic E-state index is 12.7. The van der Waals surface area contributed by atoms with Gasteiger partial charge in [-0.15, -0.1) is 0 Å². The zero-order valence-electron chi connectivity index (χ0n) is 12.2. The lowest BCUT2D eigenvalue weighted by Crippen LogP contribution is -2.31. The van der Waals surface area contributed by atoms with Gasteiger partial charge in [-0.25, -0.2) is 4.98 Å². The SMILES string of the molecule is CCn1c(CC2CCNCC2)nc2ccc(Br)cc2c1=O. The number of fused-ring (bicyclic) bond motifs is 1. The number of benzene rings is 1. The number of halogens is 1. The highest BCUT2D eigenvalue weighted by Crippen LogP contribution is 2.20. The van der Waals surface area contributed by atoms with Crippen molar-refractivity contribution in [2.75, 3.05) is 13.1 Å². The average Bonchev–Trinajstić information content (AvgIpc) is 2.50. The Bertz CT molecular complexity index is 704. The van der Waals surface area contributed by atoms with E-state index in [0.717, 1.165) is 48.2 Å². The highest BCUT2D eigenvalue weighted by Gasteiger charge is 2.18. The van der Waals surface area contributed by atoms with Crippen molar-refractivity contribution < 1.29 is 0 Å². The van der Waals surface area contributed by atoms with Gasteiger partial charge in [0.15, 0.2) is 0 Å². The molecule has 2 heterocycles. The molecular weight excluding hydrogens is 330 g/mol. The topological polar surface area (TPSA) is 46.9 Å². The minimum Gasteiger partial charge on any atom is -0.317 e. The summed E-state index contributed by atoms with van der Waals surface area (Å²) in [5.41, 5.74) is 0.879. The van der Waals surface area contributed by atoms with Gasteiger partial charge in [0.05, 0.1) is 10.9 Å². The zero-order chi connectivity index (χ0) is 14.8. The van der Waals surface area contributed by atoms with Crippen LogP contribution in [0, 0.1) is 5.92 Å². The van der Waals surface area contributed by atoms with Crippen molar-refractivity contribution >= 4 is 26.8 Å². The molecular formula is C16H20BrN3O. The molecule has 0 unspecified atom stereocenters. The Morgan fingerprint density at radius 1 is 1.38 bits per heavy atom. The van der Waals surface area contributed by atoms with Gasteiger partial charge in [0.1, 0.15) is 5.82 Å². The first-order chi connectivity index (χ1) is 10.2. The maximum atomic E-state index is 12.7. The fourth-order valence-corrected chi connectivity index (χ4v) is 3.43. The third-order valence-electron chi connectivity index (χ3n) is 4.24. The summed E-state index contributed by atoms with van der Waals surface area (Å²) in [6.45, 7) is 4.83. The summed E-state index contributed by atoms with van der Waals surface area (Å²) >= 11 is 3.43. The number of hydrogen-bond donors (Lipinski definition) is 1. The third-order valence-corrected chi connectivity index (χ3v) is 4.73. The molecule has 0 atom stereocenters. The molecule has 0 amide bonds. The quantitative estimate of drug-likeness (QED) is 0.926. The summed E-state index contributed by atoms with van der Waals surface area (Å²) in [5.74, 6) is 1.56. The van der Waals surface area contributed by atoms with E-state index in [9.17, 15) is 4.79 Å². The predicted octanol–water partition coefficient (Wildman–Crippen LogP) is 2.72. The predicted molar refractivity (Wildman–Crippen MR) is 88.7 cm³/mol. The second-order valence-corrected chi connectivity index (χ2v) is 6.55. The minimum atomic E-state index is 0.0766. The first kappa shape index (κ1) is 14.7. The minimum absolute atomic E-state index is 0.0766. The summed E-state index contributed by atoms with van der Waals surface area (Å²) < 4.78 is 2.75. The highest BCUT2D eigenvalue weighted by atomic mass is 79.9. The van der Waals surface area contributed by atoms with Crippen LogP contribution >= 0.6 is 15.9 Å². The average molecular weight is 350 g/mol. The van der Waals surface area contributed by atoms with Crippen LogP contribution in [0.15, 0.2) is 27.5 Å². The van der Waals surface area contributed by atoms with Crippen LogP contribution < -0.4 is 10.9 Å². The van der Waals surface area contributed by atoms with Gasteiger partial charge >= 0.3 is 0 Å². The van der Waals surface area contributed by atoms with Gasteiger partial charge < -0.3 is 5.32 Å². The van der Waals surface area contributed by atoms with Crippen LogP contribution in [0.1, 0.15) is 25.6 Å². The van der Waals surface area contributed by atoms with E-state index in [0.29, 0.717) is 17.8 Å². The Hall–Kier alpha value is -1.20. The van der Waals surface area contributed by atoms with Crippen LogP contribution in [-0.4, -0.2) is 22.6 Å². The number of aromatic nitrogens is 2. The molecule has 112 valence electrons. The first-order valence-electron chi connectivity index (χ1n) is 7.58. The van der Waals surface area contributed by atoms with Gasteiger partial charge in [-0.1, -0.05) is 15.9 Å². The molecule has 0 bridgehead atoms. The van der Waals surface area contributed by atoms with Crippen LogP contribution in [-0.2, 0) is 13.0 Å². The largest absolute Gasteiger partial charge is 0.317 e. The second-order valence-electron chi connectivity index (χ2n) is 5.64. The summed E-state index contributed by atoms with van der Waals surface area (Å²) in [6.07, 6.45) is 3.23. The van der Waals surface area contributed by atoms with Crippen molar-refractivity contribution in [3.8, 4) is 0 Å². The van der Waals surface area contributed by atoms with Gasteiger partial charge in [-0.2, -0.15) is 0 Å². The molecule has 5 heteroatoms. The lowest BCUT2D eigenvalue weighted by molar-refractivity contribution is 0.361. The molecule has 1 aromatic heterocycles. The Kier molecular flexibility index (Phi) is 4.40. The van der Waals surface area contributed by atoms with Crippen LogP contribution in [0.2, 0.25) is 0 Å². The molecule has 0 aliphatic carbocycles. The van der Waals surface area contributed by atoms with E-state index < -0.39 is 0 Å². The zero-order valence-corrected chi connectivity index (χ0v) is 13.8. The molecule has 1 aliphatic rings. The van der Waals surface area contributed by atoms with E-state index in [1.54, 1.807) is 0 Å². The molecule has 3 rings (SSSR count). The van der Waals surface area contributed by atoms with Crippen molar-refractivity contribution in [2.24, 2.45) is 5.92 Å². The molecule has 4 nitrogen and oxygen atoms in total. The summed E-state index contributed by atoms with van der Waals surface area (Å²) in [5, 5.41) is 4.08. The molecule has 1 fully saturated rings. The Labute approximate surface area is 132 Å². The Morgan fingerprint density at radius 3 is 2.86 bits per heavy atom. The Balaban J connectivity index is 2.04. The highest BCUT2D eigenvalue weighted by molar-refractivity contribution is 9.10. The van der Waals surface area contributed by atoms with Gasteiger partial charge in [-0.05, 0) is 57.0 Å². The van der Waals surface area contributed by atoms with Crippen LogP contribution in [0.4, 0.5) is 0 Å². The van der Waals surface area contributed by atoms with Crippen LogP contribution in [0.3, 0.4) is 0 Å². The van der Waals surface area contributed by atoms with Crippen molar-refractivity contribution in [3.05, 3.63) is 38.9 Å². The molecule has 0 radical (unpaired) electrons. The molecule has 21 heavy (non-hydrogen) atoms. The molecule has 1 aromatic carbocycles. The van der Waals surface area contributed by atoms with Crippen molar-refractivity contribution in [3.63, 3.8) is 0 Å². The van der Waals surface area contributed by atoms with Gasteiger partial charge in [0, 0.05) is 17.4 Å². The van der Waals surface area contributed by atoms with Gasteiger partial charge in [-0.3, -0.25) is 9.36 Å². The van der Waals surface area contributed by atoms with Gasteiger partial charge in [0.2, 0.25) is 0 Å². The number of nitrogens with one attached hydrogen (secondary N) is 1. The van der Waals surface area contributed by atoms with E-state index in [1.807, 2.05) is 29.7 Å². The van der Waals surface area contributed by atoms with Crippen molar-refractivity contribution in [2.45, 2.75) is 32.7 Å².